The fraction of sp³-hybridized carbons (Fsp3) is 0.333. The lowest BCUT2D eigenvalue weighted by molar-refractivity contribution is 0.0677. The normalized spacial score (nSPS) is 18.6. The maximum atomic E-state index is 11.2. The van der Waals surface area contributed by atoms with E-state index in [4.69, 9.17) is 9.52 Å². The Kier molecular flexibility index (Phi) is 2.45. The number of rotatable bonds is 2. The summed E-state index contributed by atoms with van der Waals surface area (Å²) in [6.45, 7) is 0.642. The van der Waals surface area contributed by atoms with E-state index < -0.39 is 12.1 Å². The van der Waals surface area contributed by atoms with Gasteiger partial charge in [-0.2, -0.15) is 0 Å². The molecule has 1 unspecified atom stereocenters. The minimum atomic E-state index is -1.13. The summed E-state index contributed by atoms with van der Waals surface area (Å²) in [5.74, 6) is -0.151. The van der Waals surface area contributed by atoms with Crippen molar-refractivity contribution in [2.45, 2.75) is 25.5 Å². The van der Waals surface area contributed by atoms with Gasteiger partial charge < -0.3 is 19.2 Å². The maximum absolute atomic E-state index is 11.2. The highest BCUT2D eigenvalue weighted by atomic mass is 16.4. The van der Waals surface area contributed by atoms with Crippen LogP contribution in [0.4, 0.5) is 0 Å². The molecule has 18 heavy (non-hydrogen) atoms. The van der Waals surface area contributed by atoms with Crippen molar-refractivity contribution in [3.63, 3.8) is 0 Å². The second-order valence-corrected chi connectivity index (χ2v) is 4.26. The van der Waals surface area contributed by atoms with Crippen molar-refractivity contribution in [1.82, 2.24) is 9.55 Å². The zero-order valence-corrected chi connectivity index (χ0v) is 9.54. The minimum Gasteiger partial charge on any atom is -0.476 e. The van der Waals surface area contributed by atoms with Gasteiger partial charge in [-0.1, -0.05) is 0 Å². The van der Waals surface area contributed by atoms with E-state index in [-0.39, 0.29) is 5.69 Å². The fourth-order valence-electron chi connectivity index (χ4n) is 2.36. The molecule has 2 aromatic heterocycles. The standard InChI is InChI=1S/C12H12N2O4/c15-7-3-1-5-14-10(7)9(12(16)17)13-11(14)8-4-2-6-18-8/h2,4,6-7,15H,1,3,5H2,(H,16,17). The third-order valence-electron chi connectivity index (χ3n) is 3.13. The highest BCUT2D eigenvalue weighted by Gasteiger charge is 2.30. The van der Waals surface area contributed by atoms with Crippen molar-refractivity contribution in [2.75, 3.05) is 0 Å². The molecule has 94 valence electrons. The quantitative estimate of drug-likeness (QED) is 0.843. The van der Waals surface area contributed by atoms with Gasteiger partial charge in [0.15, 0.2) is 17.3 Å². The van der Waals surface area contributed by atoms with Crippen LogP contribution in [-0.4, -0.2) is 25.7 Å². The van der Waals surface area contributed by atoms with E-state index in [0.29, 0.717) is 30.2 Å². The van der Waals surface area contributed by atoms with Crippen molar-refractivity contribution < 1.29 is 19.4 Å². The number of aliphatic hydroxyl groups excluding tert-OH is 1. The highest BCUT2D eigenvalue weighted by molar-refractivity contribution is 5.88. The second-order valence-electron chi connectivity index (χ2n) is 4.26. The van der Waals surface area contributed by atoms with Crippen LogP contribution in [0.1, 0.15) is 35.1 Å². The molecule has 2 aromatic rings. The number of hydrogen-bond donors (Lipinski definition) is 2. The molecule has 0 amide bonds. The van der Waals surface area contributed by atoms with E-state index >= 15 is 0 Å². The van der Waals surface area contributed by atoms with Crippen LogP contribution in [0.15, 0.2) is 22.8 Å². The van der Waals surface area contributed by atoms with Gasteiger partial charge in [-0.05, 0) is 25.0 Å². The van der Waals surface area contributed by atoms with E-state index in [1.165, 1.54) is 6.26 Å². The van der Waals surface area contributed by atoms with Gasteiger partial charge in [-0.25, -0.2) is 9.78 Å². The third-order valence-corrected chi connectivity index (χ3v) is 3.13. The van der Waals surface area contributed by atoms with Gasteiger partial charge >= 0.3 is 5.97 Å². The lowest BCUT2D eigenvalue weighted by Gasteiger charge is -2.21. The SMILES string of the molecule is O=C(O)c1nc(-c2ccco2)n2c1C(O)CCC2. The molecular weight excluding hydrogens is 236 g/mol. The number of imidazole rings is 1. The summed E-state index contributed by atoms with van der Waals surface area (Å²) in [6.07, 6.45) is 2.08. The van der Waals surface area contributed by atoms with E-state index in [9.17, 15) is 9.90 Å². The first kappa shape index (κ1) is 11.0. The topological polar surface area (TPSA) is 88.5 Å². The van der Waals surface area contributed by atoms with E-state index in [0.717, 1.165) is 6.42 Å². The van der Waals surface area contributed by atoms with Gasteiger partial charge in [-0.15, -0.1) is 0 Å². The molecule has 3 rings (SSSR count). The first-order valence-corrected chi connectivity index (χ1v) is 5.74. The highest BCUT2D eigenvalue weighted by Crippen LogP contribution is 2.33. The minimum absolute atomic E-state index is 0.0893. The predicted octanol–water partition coefficient (Wildman–Crippen LogP) is 1.67. The van der Waals surface area contributed by atoms with Crippen LogP contribution in [-0.2, 0) is 6.54 Å². The zero-order valence-electron chi connectivity index (χ0n) is 9.54. The molecule has 0 aliphatic carbocycles. The van der Waals surface area contributed by atoms with Gasteiger partial charge in [-0.3, -0.25) is 0 Å². The number of fused-ring (bicyclic) bond motifs is 1. The lowest BCUT2D eigenvalue weighted by atomic mass is 10.1. The molecule has 0 aromatic carbocycles. The van der Waals surface area contributed by atoms with Crippen molar-refractivity contribution >= 4 is 5.97 Å². The molecule has 2 N–H and O–H groups in total. The average molecular weight is 248 g/mol. The molecule has 0 spiro atoms. The molecule has 1 aliphatic heterocycles. The van der Waals surface area contributed by atoms with Crippen LogP contribution in [0.25, 0.3) is 11.6 Å². The first-order chi connectivity index (χ1) is 8.68. The average Bonchev–Trinajstić information content (AvgIpc) is 2.95. The van der Waals surface area contributed by atoms with Gasteiger partial charge in [0, 0.05) is 6.54 Å². The number of furan rings is 1. The molecular formula is C12H12N2O4. The number of aromatic nitrogens is 2. The van der Waals surface area contributed by atoms with Crippen LogP contribution in [0.2, 0.25) is 0 Å². The van der Waals surface area contributed by atoms with Gasteiger partial charge in [0.25, 0.3) is 0 Å². The van der Waals surface area contributed by atoms with Gasteiger partial charge in [0.05, 0.1) is 18.1 Å². The summed E-state index contributed by atoms with van der Waals surface area (Å²) in [5.41, 5.74) is 0.286. The van der Waals surface area contributed by atoms with Gasteiger partial charge in [0.2, 0.25) is 0 Å². The monoisotopic (exact) mass is 248 g/mol. The first-order valence-electron chi connectivity index (χ1n) is 5.74. The molecule has 0 bridgehead atoms. The summed E-state index contributed by atoms with van der Waals surface area (Å²) >= 11 is 0. The summed E-state index contributed by atoms with van der Waals surface area (Å²) in [4.78, 5) is 15.3. The molecule has 6 heteroatoms. The Morgan fingerprint density at radius 2 is 2.39 bits per heavy atom. The van der Waals surface area contributed by atoms with Crippen LogP contribution in [0, 0.1) is 0 Å². The molecule has 1 atom stereocenters. The van der Waals surface area contributed by atoms with Crippen molar-refractivity contribution in [3.05, 3.63) is 29.8 Å². The number of nitrogens with zero attached hydrogens (tertiary/aromatic N) is 2. The lowest BCUT2D eigenvalue weighted by Crippen LogP contribution is -2.18. The number of carboxylic acids is 1. The van der Waals surface area contributed by atoms with Crippen molar-refractivity contribution in [3.8, 4) is 11.6 Å². The molecule has 0 saturated carbocycles. The van der Waals surface area contributed by atoms with Gasteiger partial charge in [0.1, 0.15) is 0 Å². The Morgan fingerprint density at radius 1 is 1.56 bits per heavy atom. The summed E-state index contributed by atoms with van der Waals surface area (Å²) in [7, 11) is 0. The third kappa shape index (κ3) is 1.53. The maximum Gasteiger partial charge on any atom is 0.356 e. The molecule has 0 saturated heterocycles. The van der Waals surface area contributed by atoms with Crippen LogP contribution in [0.3, 0.4) is 0 Å². The van der Waals surface area contributed by atoms with E-state index in [2.05, 4.69) is 4.98 Å². The Balaban J connectivity index is 2.22. The Labute approximate surface area is 102 Å². The largest absolute Gasteiger partial charge is 0.476 e. The Hall–Kier alpha value is -2.08. The van der Waals surface area contributed by atoms with Crippen molar-refractivity contribution in [2.24, 2.45) is 0 Å². The predicted molar refractivity (Wildman–Crippen MR) is 61.1 cm³/mol. The molecule has 0 fully saturated rings. The number of carbonyl (C=O) groups is 1. The van der Waals surface area contributed by atoms with E-state index in [1.807, 2.05) is 0 Å². The molecule has 3 heterocycles. The summed E-state index contributed by atoms with van der Waals surface area (Å²) in [6, 6.07) is 3.44. The molecule has 1 aliphatic rings. The Morgan fingerprint density at radius 3 is 3.06 bits per heavy atom. The number of hydrogen-bond acceptors (Lipinski definition) is 4. The zero-order chi connectivity index (χ0) is 12.7. The van der Waals surface area contributed by atoms with Crippen LogP contribution in [0.5, 0.6) is 0 Å². The molecule has 6 nitrogen and oxygen atoms in total. The van der Waals surface area contributed by atoms with E-state index in [1.54, 1.807) is 16.7 Å². The molecule has 0 radical (unpaired) electrons. The Bertz CT molecular complexity index is 585. The van der Waals surface area contributed by atoms with Crippen LogP contribution >= 0.6 is 0 Å². The number of aromatic carboxylic acids is 1. The summed E-state index contributed by atoms with van der Waals surface area (Å²) < 4.78 is 6.99. The second kappa shape index (κ2) is 3.99. The number of carboxylic acid groups (broad SMARTS) is 1. The number of aliphatic hydroxyl groups is 1. The van der Waals surface area contributed by atoms with Crippen LogP contribution < -0.4 is 0 Å². The smallest absolute Gasteiger partial charge is 0.356 e. The van der Waals surface area contributed by atoms with Crippen molar-refractivity contribution in [1.29, 1.82) is 0 Å². The summed E-state index contributed by atoms with van der Waals surface area (Å²) in [5, 5.41) is 19.1. The fourth-order valence-corrected chi connectivity index (χ4v) is 2.36.